The minimum Gasteiger partial charge on any atom is -0.481 e. The molecule has 1 aromatic heterocycles. The first-order valence-corrected chi connectivity index (χ1v) is 25.3. The third-order valence-electron chi connectivity index (χ3n) is 13.2. The van der Waals surface area contributed by atoms with Gasteiger partial charge in [0.1, 0.15) is 48.3 Å². The van der Waals surface area contributed by atoms with Gasteiger partial charge in [-0.05, 0) is 63.0 Å². The Hall–Kier alpha value is -7.45. The van der Waals surface area contributed by atoms with E-state index in [1.165, 1.54) is 11.8 Å². The van der Waals surface area contributed by atoms with E-state index in [-0.39, 0.29) is 50.5 Å². The SMILES string of the molecule is C[C@@H]1NC(=O)[C@@H]2CCCN2C(=O)[C@H](CC(N)=O)NC(=O)[C@@H]2CSc3[nH]c4ccccc4c3C[C@H](NC1=O)C(=O)N[C@@H](CCC[NH+]=C(N)N)C(=O)NCC(=O)N[C@@H](CC(=O)O)C(=O)N[C@@H](C1CCCCC1)C(=O)N2. The van der Waals surface area contributed by atoms with Crippen LogP contribution in [0.4, 0.5) is 0 Å². The van der Waals surface area contributed by atoms with Crippen LogP contribution in [-0.2, 0) is 59.2 Å². The van der Waals surface area contributed by atoms with Crippen molar-refractivity contribution in [2.24, 2.45) is 23.1 Å². The fourth-order valence-electron chi connectivity index (χ4n) is 9.49. The van der Waals surface area contributed by atoms with Gasteiger partial charge >= 0.3 is 11.9 Å². The van der Waals surface area contributed by atoms with Gasteiger partial charge in [0.2, 0.25) is 59.1 Å². The number of aliphatic carboxylic acids is 1. The predicted octanol–water partition coefficient (Wildman–Crippen LogP) is -5.59. The average Bonchev–Trinajstić information content (AvgIpc) is 3.98. The number of aromatic amines is 1. The van der Waals surface area contributed by atoms with Crippen LogP contribution in [0.5, 0.6) is 0 Å². The summed E-state index contributed by atoms with van der Waals surface area (Å²) in [7, 11) is 0. The molecule has 2 bridgehead atoms. The van der Waals surface area contributed by atoms with Crippen LogP contribution in [0.3, 0.4) is 0 Å². The van der Waals surface area contributed by atoms with Gasteiger partial charge in [-0.1, -0.05) is 37.5 Å². The molecule has 0 radical (unpaired) electrons. The first-order chi connectivity index (χ1) is 34.8. The van der Waals surface area contributed by atoms with Gasteiger partial charge in [-0.2, -0.15) is 0 Å². The zero-order valence-corrected chi connectivity index (χ0v) is 41.2. The van der Waals surface area contributed by atoms with Crippen molar-refractivity contribution in [3.63, 3.8) is 0 Å². The smallest absolute Gasteiger partial charge is 0.338 e. The minimum atomic E-state index is -1.77. The number of carbonyl (C=O) groups is 11. The number of benzene rings is 1. The molecule has 396 valence electrons. The molecule has 10 amide bonds. The highest BCUT2D eigenvalue weighted by Gasteiger charge is 2.42. The third-order valence-corrected chi connectivity index (χ3v) is 14.4. The van der Waals surface area contributed by atoms with Gasteiger partial charge in [-0.15, -0.1) is 11.8 Å². The summed E-state index contributed by atoms with van der Waals surface area (Å²) in [6.07, 6.45) is 1.75. The average molecular weight is 1040 g/mol. The number of nitrogens with two attached hydrogens (primary N) is 3. The summed E-state index contributed by atoms with van der Waals surface area (Å²) in [4.78, 5) is 160. The molecule has 3 aliphatic heterocycles. The number of aromatic nitrogens is 1. The number of hydrogen-bond acceptors (Lipinski definition) is 12. The number of primary amides is 1. The van der Waals surface area contributed by atoms with Crippen molar-refractivity contribution >= 4 is 93.7 Å². The van der Waals surface area contributed by atoms with E-state index in [4.69, 9.17) is 17.2 Å². The molecule has 1 aliphatic carbocycles. The van der Waals surface area contributed by atoms with Gasteiger partial charge in [0, 0.05) is 29.6 Å². The number of thioether (sulfide) groups is 1. The topological polar surface area (TPSA) is 415 Å². The van der Waals surface area contributed by atoms with E-state index in [2.05, 4.69) is 52.5 Å². The molecule has 26 nitrogen and oxygen atoms in total. The Morgan fingerprint density at radius 1 is 0.726 bits per heavy atom. The van der Waals surface area contributed by atoms with Gasteiger partial charge in [-0.3, -0.25) is 69.2 Å². The zero-order chi connectivity index (χ0) is 52.9. The molecule has 2 fully saturated rings. The number of H-pyrrole nitrogens is 1. The van der Waals surface area contributed by atoms with Gasteiger partial charge in [0.15, 0.2) is 0 Å². The van der Waals surface area contributed by atoms with Crippen molar-refractivity contribution in [1.29, 1.82) is 0 Å². The molecule has 1 saturated heterocycles. The molecule has 0 spiro atoms. The molecule has 27 heteroatoms. The maximum Gasteiger partial charge on any atom is 0.338 e. The largest absolute Gasteiger partial charge is 0.481 e. The van der Waals surface area contributed by atoms with E-state index in [0.717, 1.165) is 18.2 Å². The predicted molar refractivity (Wildman–Crippen MR) is 261 cm³/mol. The molecule has 0 unspecified atom stereocenters. The van der Waals surface area contributed by atoms with E-state index in [9.17, 15) is 57.8 Å². The molecule has 6 rings (SSSR count). The Kier molecular flexibility index (Phi) is 19.0. The number of guanidine groups is 1. The maximum absolute atomic E-state index is 14.7. The lowest BCUT2D eigenvalue weighted by atomic mass is 9.83. The highest BCUT2D eigenvalue weighted by molar-refractivity contribution is 7.99. The fourth-order valence-corrected chi connectivity index (χ4v) is 10.6. The number of fused-ring (bicyclic) bond motifs is 5. The summed E-state index contributed by atoms with van der Waals surface area (Å²) >= 11 is 1.03. The summed E-state index contributed by atoms with van der Waals surface area (Å²) in [6, 6.07) is -4.69. The van der Waals surface area contributed by atoms with Crippen LogP contribution in [0.2, 0.25) is 0 Å². The molecule has 1 saturated carbocycles. The number of para-hydroxylation sites is 1. The molecule has 4 aliphatic rings. The highest BCUT2D eigenvalue weighted by Crippen LogP contribution is 2.32. The van der Waals surface area contributed by atoms with Crippen LogP contribution >= 0.6 is 11.8 Å². The number of amides is 10. The van der Waals surface area contributed by atoms with Crippen LogP contribution < -0.4 is 64.7 Å². The third kappa shape index (κ3) is 14.8. The highest BCUT2D eigenvalue weighted by atomic mass is 32.2. The van der Waals surface area contributed by atoms with E-state index < -0.39 is 139 Å². The monoisotopic (exact) mass is 1040 g/mol. The number of nitrogens with one attached hydrogen (secondary N) is 10. The van der Waals surface area contributed by atoms with Gasteiger partial charge < -0.3 is 63.3 Å². The van der Waals surface area contributed by atoms with Gasteiger partial charge in [-0.25, -0.2) is 0 Å². The van der Waals surface area contributed by atoms with Crippen molar-refractivity contribution in [2.75, 3.05) is 25.4 Å². The molecule has 4 heterocycles. The Balaban J connectivity index is 1.51. The quantitative estimate of drug-likeness (QED) is 0.0633. The lowest BCUT2D eigenvalue weighted by molar-refractivity contribution is -0.459. The van der Waals surface area contributed by atoms with Crippen LogP contribution in [0.1, 0.15) is 83.1 Å². The summed E-state index contributed by atoms with van der Waals surface area (Å²) < 4.78 is 0. The summed E-state index contributed by atoms with van der Waals surface area (Å²) in [5.74, 6) is -11.4. The Labute approximate surface area is 423 Å². The van der Waals surface area contributed by atoms with E-state index >= 15 is 0 Å². The molecule has 8 atom stereocenters. The maximum atomic E-state index is 14.7. The second-order valence-corrected chi connectivity index (χ2v) is 19.7. The number of hydrogen-bond donors (Lipinski definition) is 14. The number of nitrogens with zero attached hydrogens (tertiary/aromatic N) is 1. The van der Waals surface area contributed by atoms with Gasteiger partial charge in [0.05, 0.1) is 31.0 Å². The number of carboxylic acid groups (broad SMARTS) is 1. The molecule has 17 N–H and O–H groups in total. The second kappa shape index (κ2) is 25.3. The number of carbonyl (C=O) groups excluding carboxylic acids is 10. The lowest BCUT2D eigenvalue weighted by Crippen LogP contribution is -2.78. The standard InChI is InChI=1S/C46H64N14O12S/c1-22-37(65)55-28-17-25-24-11-5-6-12-26(24)58-44(25)73-21-31(41(69)56-30(18-33(47)61)45(72)60-16-8-14-32(60)42(70)52-22)57-43(71)36(23-9-3-2-4-10-23)59-40(68)29(19-35(63)64)53-34(62)20-51-38(66)27(54-39(28)67)13-7-15-50-46(48)49/h5-6,11-12,22-23,27-32,36,58H,2-4,7-10,13-21H2,1H3,(H2,47,61)(H,51,66)(H,52,70)(H,53,62)(H,54,67)(H,55,65)(H,56,69)(H,57,71)(H,59,68)(H,63,64)(H4,48,49,50)/p+1/t22-,27-,28-,29-,30-,31-,32-,36-/m0/s1. The normalized spacial score (nSPS) is 26.9. The first kappa shape index (κ1) is 54.9. The van der Waals surface area contributed by atoms with Crippen molar-refractivity contribution < 1.29 is 62.8 Å². The van der Waals surface area contributed by atoms with Crippen LogP contribution in [0.15, 0.2) is 29.3 Å². The summed E-state index contributed by atoms with van der Waals surface area (Å²) in [5.41, 5.74) is 17.8. The fraction of sp³-hybridized carbons (Fsp3) is 0.565. The molecule has 2 aromatic rings. The van der Waals surface area contributed by atoms with Crippen molar-refractivity contribution in [2.45, 2.75) is 137 Å². The van der Waals surface area contributed by atoms with E-state index in [0.29, 0.717) is 53.6 Å². The molecule has 73 heavy (non-hydrogen) atoms. The van der Waals surface area contributed by atoms with Crippen molar-refractivity contribution in [3.8, 4) is 0 Å². The zero-order valence-electron chi connectivity index (χ0n) is 40.3. The second-order valence-electron chi connectivity index (χ2n) is 18.7. The van der Waals surface area contributed by atoms with E-state index in [1.807, 2.05) is 0 Å². The summed E-state index contributed by atoms with van der Waals surface area (Å²) in [6.45, 7) is 0.743. The Morgan fingerprint density at radius 2 is 1.42 bits per heavy atom. The van der Waals surface area contributed by atoms with Crippen molar-refractivity contribution in [1.82, 2.24) is 52.4 Å². The molecular weight excluding hydrogens is 973 g/mol. The summed E-state index contributed by atoms with van der Waals surface area (Å²) in [5, 5.41) is 31.5. The number of rotatable bonds is 9. The van der Waals surface area contributed by atoms with Crippen molar-refractivity contribution in [3.05, 3.63) is 29.8 Å². The Morgan fingerprint density at radius 3 is 2.14 bits per heavy atom. The van der Waals surface area contributed by atoms with Crippen LogP contribution in [-0.4, -0.2) is 160 Å². The number of carboxylic acids is 1. The van der Waals surface area contributed by atoms with E-state index in [1.54, 1.807) is 24.3 Å². The molecule has 1 aromatic carbocycles. The lowest BCUT2D eigenvalue weighted by Gasteiger charge is -2.33. The van der Waals surface area contributed by atoms with Crippen LogP contribution in [0, 0.1) is 5.92 Å². The Bertz CT molecular complexity index is 2490. The minimum absolute atomic E-state index is 0.0266. The van der Waals surface area contributed by atoms with Crippen LogP contribution in [0.25, 0.3) is 10.9 Å². The molecular formula is C46H65N14O12S+. The first-order valence-electron chi connectivity index (χ1n) is 24.3. The van der Waals surface area contributed by atoms with Gasteiger partial charge in [0.25, 0.3) is 0 Å².